The highest BCUT2D eigenvalue weighted by Crippen LogP contribution is 2.25. The Morgan fingerprint density at radius 1 is 1.24 bits per heavy atom. The van der Waals surface area contributed by atoms with E-state index in [1.165, 1.54) is 9.13 Å². The molecule has 0 amide bonds. The highest BCUT2D eigenvalue weighted by atomic mass is 127. The molecule has 2 N–H and O–H groups in total. The van der Waals surface area contributed by atoms with Crippen LogP contribution >= 0.6 is 22.6 Å². The van der Waals surface area contributed by atoms with Crippen LogP contribution in [0.15, 0.2) is 51.7 Å². The molecule has 1 atom stereocenters. The summed E-state index contributed by atoms with van der Waals surface area (Å²) >= 11 is 2.31. The van der Waals surface area contributed by atoms with Crippen LogP contribution in [0.1, 0.15) is 24.1 Å². The van der Waals surface area contributed by atoms with E-state index in [-0.39, 0.29) is 6.04 Å². The second-order valence-corrected chi connectivity index (χ2v) is 6.06. The maximum Gasteiger partial charge on any atom is 0.417 e. The van der Waals surface area contributed by atoms with Gasteiger partial charge in [-0.2, -0.15) is 0 Å². The molecule has 0 spiro atoms. The highest BCUT2D eigenvalue weighted by Gasteiger charge is 2.14. The smallest absolute Gasteiger partial charge is 0.408 e. The van der Waals surface area contributed by atoms with Crippen molar-refractivity contribution in [1.29, 1.82) is 0 Å². The first-order valence-electron chi connectivity index (χ1n) is 6.79. The zero-order valence-electron chi connectivity index (χ0n) is 11.5. The predicted molar refractivity (Wildman–Crippen MR) is 91.5 cm³/mol. The van der Waals surface area contributed by atoms with Gasteiger partial charge < -0.3 is 9.73 Å². The van der Waals surface area contributed by atoms with Gasteiger partial charge in [-0.05, 0) is 64.5 Å². The number of benzene rings is 2. The van der Waals surface area contributed by atoms with E-state index in [9.17, 15) is 4.79 Å². The zero-order chi connectivity index (χ0) is 14.8. The molecule has 0 radical (unpaired) electrons. The third-order valence-corrected chi connectivity index (χ3v) is 4.04. The highest BCUT2D eigenvalue weighted by molar-refractivity contribution is 14.1. The van der Waals surface area contributed by atoms with Crippen LogP contribution < -0.4 is 11.1 Å². The van der Waals surface area contributed by atoms with Crippen LogP contribution in [0.5, 0.6) is 0 Å². The van der Waals surface area contributed by atoms with Crippen LogP contribution in [0.2, 0.25) is 0 Å². The summed E-state index contributed by atoms with van der Waals surface area (Å²) in [5.74, 6) is -0.420. The summed E-state index contributed by atoms with van der Waals surface area (Å²) in [6.07, 6.45) is 0. The largest absolute Gasteiger partial charge is 0.417 e. The molecule has 4 nitrogen and oxygen atoms in total. The molecule has 0 aliphatic carbocycles. The van der Waals surface area contributed by atoms with E-state index >= 15 is 0 Å². The van der Waals surface area contributed by atoms with Gasteiger partial charge in [-0.1, -0.05) is 25.1 Å². The van der Waals surface area contributed by atoms with Crippen molar-refractivity contribution in [2.24, 2.45) is 0 Å². The second-order valence-electron chi connectivity index (χ2n) is 4.82. The van der Waals surface area contributed by atoms with E-state index in [2.05, 4.69) is 64.1 Å². The predicted octanol–water partition coefficient (Wildman–Crippen LogP) is 3.42. The normalized spacial score (nSPS) is 12.7. The van der Waals surface area contributed by atoms with E-state index in [0.29, 0.717) is 5.58 Å². The summed E-state index contributed by atoms with van der Waals surface area (Å²) in [6, 6.07) is 14.3. The van der Waals surface area contributed by atoms with E-state index in [4.69, 9.17) is 4.42 Å². The minimum absolute atomic E-state index is 0.0781. The van der Waals surface area contributed by atoms with Gasteiger partial charge >= 0.3 is 5.76 Å². The third kappa shape index (κ3) is 3.03. The van der Waals surface area contributed by atoms with Gasteiger partial charge in [-0.15, -0.1) is 0 Å². The molecule has 21 heavy (non-hydrogen) atoms. The number of halogens is 1. The van der Waals surface area contributed by atoms with Crippen molar-refractivity contribution < 1.29 is 4.42 Å². The van der Waals surface area contributed by atoms with Gasteiger partial charge in [0.25, 0.3) is 0 Å². The van der Waals surface area contributed by atoms with Gasteiger partial charge in [0.2, 0.25) is 0 Å². The van der Waals surface area contributed by atoms with Crippen LogP contribution in [-0.2, 0) is 0 Å². The number of hydrogen-bond acceptors (Lipinski definition) is 3. The van der Waals surface area contributed by atoms with Gasteiger partial charge in [0.1, 0.15) is 0 Å². The minimum atomic E-state index is -0.420. The van der Waals surface area contributed by atoms with Gasteiger partial charge in [0.15, 0.2) is 5.58 Å². The number of oxazole rings is 1. The fourth-order valence-electron chi connectivity index (χ4n) is 2.46. The summed E-state index contributed by atoms with van der Waals surface area (Å²) < 4.78 is 6.35. The van der Waals surface area contributed by atoms with Gasteiger partial charge in [-0.3, -0.25) is 4.98 Å². The summed E-state index contributed by atoms with van der Waals surface area (Å²) in [7, 11) is 0. The van der Waals surface area contributed by atoms with E-state index < -0.39 is 5.76 Å². The molecule has 0 saturated heterocycles. The average Bonchev–Trinajstić information content (AvgIpc) is 2.83. The fraction of sp³-hybridized carbons (Fsp3) is 0.188. The Morgan fingerprint density at radius 3 is 2.81 bits per heavy atom. The topological polar surface area (TPSA) is 58.0 Å². The van der Waals surface area contributed by atoms with Crippen LogP contribution in [0, 0.1) is 3.57 Å². The lowest BCUT2D eigenvalue weighted by Gasteiger charge is -2.19. The van der Waals surface area contributed by atoms with Crippen LogP contribution in [0.3, 0.4) is 0 Å². The van der Waals surface area contributed by atoms with E-state index in [0.717, 1.165) is 17.6 Å². The van der Waals surface area contributed by atoms with Crippen LogP contribution in [0.4, 0.5) is 0 Å². The van der Waals surface area contributed by atoms with Crippen LogP contribution in [-0.4, -0.2) is 11.5 Å². The lowest BCUT2D eigenvalue weighted by atomic mass is 9.98. The van der Waals surface area contributed by atoms with Crippen molar-refractivity contribution in [3.63, 3.8) is 0 Å². The van der Waals surface area contributed by atoms with Crippen molar-refractivity contribution in [1.82, 2.24) is 10.3 Å². The number of nitrogens with one attached hydrogen (secondary N) is 2. The molecule has 2 aromatic carbocycles. The van der Waals surface area contributed by atoms with Crippen molar-refractivity contribution in [2.75, 3.05) is 6.54 Å². The average molecular weight is 394 g/mol. The molecule has 5 heteroatoms. The molecule has 0 saturated carbocycles. The third-order valence-electron chi connectivity index (χ3n) is 3.37. The lowest BCUT2D eigenvalue weighted by Crippen LogP contribution is -2.22. The molecular formula is C16H15IN2O2. The zero-order valence-corrected chi connectivity index (χ0v) is 13.7. The standard InChI is InChI=1S/C16H15IN2O2/c1-2-18-15(10-4-3-5-12(17)8-10)11-6-7-13-14(9-11)21-16(20)19-13/h3-9,15,18H,2H2,1H3,(H,19,20). The Morgan fingerprint density at radius 2 is 2.05 bits per heavy atom. The summed E-state index contributed by atoms with van der Waals surface area (Å²) in [5.41, 5.74) is 3.59. The number of aromatic nitrogens is 1. The summed E-state index contributed by atoms with van der Waals surface area (Å²) in [6.45, 7) is 2.93. The van der Waals surface area contributed by atoms with Crippen molar-refractivity contribution in [3.8, 4) is 0 Å². The first-order valence-corrected chi connectivity index (χ1v) is 7.87. The first kappa shape index (κ1) is 14.3. The Kier molecular flexibility index (Phi) is 4.12. The summed E-state index contributed by atoms with van der Waals surface area (Å²) in [5, 5.41) is 3.48. The number of H-pyrrole nitrogens is 1. The van der Waals surface area contributed by atoms with E-state index in [1.807, 2.05) is 18.2 Å². The molecule has 0 aliphatic heterocycles. The minimum Gasteiger partial charge on any atom is -0.408 e. The number of fused-ring (bicyclic) bond motifs is 1. The molecule has 1 heterocycles. The van der Waals surface area contributed by atoms with Crippen molar-refractivity contribution in [2.45, 2.75) is 13.0 Å². The number of rotatable bonds is 4. The van der Waals surface area contributed by atoms with Gasteiger partial charge in [-0.25, -0.2) is 4.79 Å². The monoisotopic (exact) mass is 394 g/mol. The molecular weight excluding hydrogens is 379 g/mol. The Hall–Kier alpha value is -1.60. The maximum atomic E-state index is 11.3. The van der Waals surface area contributed by atoms with Crippen molar-refractivity contribution >= 4 is 33.7 Å². The molecule has 0 fully saturated rings. The number of hydrogen-bond donors (Lipinski definition) is 2. The molecule has 3 aromatic rings. The Bertz CT molecular complexity index is 822. The SMILES string of the molecule is CCNC(c1cccc(I)c1)c1ccc2[nH]c(=O)oc2c1. The molecule has 1 unspecified atom stereocenters. The Balaban J connectivity index is 2.07. The van der Waals surface area contributed by atoms with Crippen LogP contribution in [0.25, 0.3) is 11.1 Å². The second kappa shape index (κ2) is 6.03. The molecule has 0 bridgehead atoms. The number of aromatic amines is 1. The fourth-order valence-corrected chi connectivity index (χ4v) is 3.03. The quantitative estimate of drug-likeness (QED) is 0.667. The maximum absolute atomic E-state index is 11.3. The lowest BCUT2D eigenvalue weighted by molar-refractivity contribution is 0.553. The molecule has 1 aromatic heterocycles. The van der Waals surface area contributed by atoms with Crippen molar-refractivity contribution in [3.05, 3.63) is 67.7 Å². The van der Waals surface area contributed by atoms with Gasteiger partial charge in [0.05, 0.1) is 11.6 Å². The van der Waals surface area contributed by atoms with E-state index in [1.54, 1.807) is 0 Å². The summed E-state index contributed by atoms with van der Waals surface area (Å²) in [4.78, 5) is 13.9. The Labute approximate surface area is 135 Å². The molecule has 108 valence electrons. The molecule has 0 aliphatic rings. The van der Waals surface area contributed by atoms with Gasteiger partial charge in [0, 0.05) is 3.57 Å². The first-order chi connectivity index (χ1) is 10.2. The molecule has 3 rings (SSSR count).